The molecule has 4 aromatic rings. The van der Waals surface area contributed by atoms with Crippen molar-refractivity contribution in [2.24, 2.45) is 0 Å². The molecule has 116 valence electrons. The third-order valence-electron chi connectivity index (χ3n) is 3.80. The summed E-state index contributed by atoms with van der Waals surface area (Å²) in [5.41, 5.74) is 5.56. The number of thiazole rings is 1. The molecule has 4 heteroatoms. The molecule has 3 nitrogen and oxygen atoms in total. The number of hydrogen-bond acceptors (Lipinski definition) is 4. The fourth-order valence-corrected chi connectivity index (χ4v) is 3.38. The third kappa shape index (κ3) is 3.24. The Morgan fingerprint density at radius 3 is 2.25 bits per heavy atom. The number of nitrogens with zero attached hydrogens (tertiary/aromatic N) is 3. The zero-order chi connectivity index (χ0) is 16.2. The molecule has 24 heavy (non-hydrogen) atoms. The van der Waals surface area contributed by atoms with Crippen molar-refractivity contribution in [2.45, 2.75) is 6.42 Å². The lowest BCUT2D eigenvalue weighted by Gasteiger charge is -2.02. The summed E-state index contributed by atoms with van der Waals surface area (Å²) >= 11 is 1.68. The van der Waals surface area contributed by atoms with E-state index in [9.17, 15) is 0 Å². The van der Waals surface area contributed by atoms with Crippen LogP contribution in [0.3, 0.4) is 0 Å². The largest absolute Gasteiger partial charge is 0.265 e. The Hall–Kier alpha value is -2.85. The van der Waals surface area contributed by atoms with Crippen molar-refractivity contribution in [1.29, 1.82) is 0 Å². The van der Waals surface area contributed by atoms with Crippen LogP contribution in [0.1, 0.15) is 10.7 Å². The minimum absolute atomic E-state index is 0.778. The first-order chi connectivity index (χ1) is 11.9. The van der Waals surface area contributed by atoms with Gasteiger partial charge in [0, 0.05) is 41.6 Å². The lowest BCUT2D eigenvalue weighted by Crippen LogP contribution is -1.90. The standard InChI is InChI=1S/C20H15N3S/c1-2-10-22-18(3-1)13-20-23-19(14-24-20)17-6-4-15(5-7-17)16-8-11-21-12-9-16/h1-12,14H,13H2. The highest BCUT2D eigenvalue weighted by atomic mass is 32.1. The first-order valence-electron chi connectivity index (χ1n) is 7.74. The van der Waals surface area contributed by atoms with E-state index in [0.29, 0.717) is 0 Å². The minimum Gasteiger partial charge on any atom is -0.265 e. The summed E-state index contributed by atoms with van der Waals surface area (Å²) in [7, 11) is 0. The van der Waals surface area contributed by atoms with Crippen LogP contribution in [0.5, 0.6) is 0 Å². The van der Waals surface area contributed by atoms with Gasteiger partial charge in [-0.05, 0) is 35.4 Å². The molecule has 0 atom stereocenters. The Kier molecular flexibility index (Phi) is 4.13. The first kappa shape index (κ1) is 14.7. The molecule has 0 aliphatic heterocycles. The van der Waals surface area contributed by atoms with Crippen molar-refractivity contribution in [2.75, 3.05) is 0 Å². The van der Waals surface area contributed by atoms with E-state index >= 15 is 0 Å². The predicted molar refractivity (Wildman–Crippen MR) is 97.8 cm³/mol. The minimum atomic E-state index is 0.778. The van der Waals surface area contributed by atoms with E-state index in [1.54, 1.807) is 11.3 Å². The van der Waals surface area contributed by atoms with Crippen LogP contribution in [0.4, 0.5) is 0 Å². The highest BCUT2D eigenvalue weighted by Gasteiger charge is 2.06. The van der Waals surface area contributed by atoms with Gasteiger partial charge in [0.25, 0.3) is 0 Å². The van der Waals surface area contributed by atoms with Gasteiger partial charge < -0.3 is 0 Å². The summed E-state index contributed by atoms with van der Waals surface area (Å²) in [5.74, 6) is 0. The highest BCUT2D eigenvalue weighted by molar-refractivity contribution is 7.10. The summed E-state index contributed by atoms with van der Waals surface area (Å²) in [6.45, 7) is 0. The average molecular weight is 329 g/mol. The van der Waals surface area contributed by atoms with E-state index in [1.165, 1.54) is 11.1 Å². The molecule has 0 aliphatic rings. The number of aromatic nitrogens is 3. The molecular formula is C20H15N3S. The second kappa shape index (κ2) is 6.72. The van der Waals surface area contributed by atoms with E-state index in [-0.39, 0.29) is 0 Å². The Morgan fingerprint density at radius 2 is 1.50 bits per heavy atom. The molecule has 0 aliphatic carbocycles. The van der Waals surface area contributed by atoms with Gasteiger partial charge in [-0.25, -0.2) is 4.98 Å². The second-order valence-electron chi connectivity index (χ2n) is 5.44. The number of hydrogen-bond donors (Lipinski definition) is 0. The van der Waals surface area contributed by atoms with Crippen LogP contribution in [0.15, 0.2) is 78.6 Å². The molecule has 4 rings (SSSR count). The Morgan fingerprint density at radius 1 is 0.750 bits per heavy atom. The average Bonchev–Trinajstić information content (AvgIpc) is 3.12. The smallest absolute Gasteiger partial charge is 0.0992 e. The summed E-state index contributed by atoms with van der Waals surface area (Å²) in [5, 5.41) is 3.20. The van der Waals surface area contributed by atoms with E-state index in [1.807, 2.05) is 48.9 Å². The molecular weight excluding hydrogens is 314 g/mol. The van der Waals surface area contributed by atoms with Gasteiger partial charge in [-0.1, -0.05) is 30.3 Å². The molecule has 0 bridgehead atoms. The van der Waals surface area contributed by atoms with E-state index in [2.05, 4.69) is 39.6 Å². The van der Waals surface area contributed by atoms with Crippen molar-refractivity contribution in [3.8, 4) is 22.4 Å². The fraction of sp³-hybridized carbons (Fsp3) is 0.0500. The van der Waals surface area contributed by atoms with Gasteiger partial charge in [0.15, 0.2) is 0 Å². The Bertz CT molecular complexity index is 916. The van der Waals surface area contributed by atoms with Crippen LogP contribution < -0.4 is 0 Å². The van der Waals surface area contributed by atoms with E-state index in [4.69, 9.17) is 4.98 Å². The van der Waals surface area contributed by atoms with Gasteiger partial charge >= 0.3 is 0 Å². The third-order valence-corrected chi connectivity index (χ3v) is 4.65. The zero-order valence-corrected chi connectivity index (χ0v) is 13.8. The van der Waals surface area contributed by atoms with Gasteiger partial charge in [0.2, 0.25) is 0 Å². The molecule has 0 amide bonds. The summed E-state index contributed by atoms with van der Waals surface area (Å²) in [4.78, 5) is 13.2. The van der Waals surface area contributed by atoms with Crippen LogP contribution in [0, 0.1) is 0 Å². The maximum absolute atomic E-state index is 4.75. The Balaban J connectivity index is 1.54. The topological polar surface area (TPSA) is 38.7 Å². The maximum atomic E-state index is 4.75. The van der Waals surface area contributed by atoms with Crippen LogP contribution in [0.2, 0.25) is 0 Å². The van der Waals surface area contributed by atoms with Crippen LogP contribution in [0.25, 0.3) is 22.4 Å². The van der Waals surface area contributed by atoms with E-state index < -0.39 is 0 Å². The molecule has 0 saturated heterocycles. The summed E-state index contributed by atoms with van der Waals surface area (Å²) in [6, 6.07) is 18.5. The van der Waals surface area contributed by atoms with Gasteiger partial charge in [0.05, 0.1) is 10.7 Å². The van der Waals surface area contributed by atoms with Crippen molar-refractivity contribution in [3.63, 3.8) is 0 Å². The molecule has 0 saturated carbocycles. The van der Waals surface area contributed by atoms with Gasteiger partial charge in [-0.15, -0.1) is 11.3 Å². The van der Waals surface area contributed by atoms with Gasteiger partial charge in [-0.3, -0.25) is 9.97 Å². The van der Waals surface area contributed by atoms with Crippen LogP contribution in [-0.4, -0.2) is 15.0 Å². The van der Waals surface area contributed by atoms with Gasteiger partial charge in [0.1, 0.15) is 0 Å². The molecule has 0 radical (unpaired) electrons. The van der Waals surface area contributed by atoms with Crippen LogP contribution in [-0.2, 0) is 6.42 Å². The second-order valence-corrected chi connectivity index (χ2v) is 6.38. The number of rotatable bonds is 4. The lowest BCUT2D eigenvalue weighted by molar-refractivity contribution is 1.05. The zero-order valence-electron chi connectivity index (χ0n) is 13.0. The molecule has 0 unspecified atom stereocenters. The molecule has 3 aromatic heterocycles. The molecule has 1 aromatic carbocycles. The van der Waals surface area contributed by atoms with E-state index in [0.717, 1.165) is 28.4 Å². The van der Waals surface area contributed by atoms with Crippen molar-refractivity contribution in [3.05, 3.63) is 89.3 Å². The van der Waals surface area contributed by atoms with Crippen molar-refractivity contribution in [1.82, 2.24) is 15.0 Å². The molecule has 0 spiro atoms. The normalized spacial score (nSPS) is 10.7. The number of pyridine rings is 2. The highest BCUT2D eigenvalue weighted by Crippen LogP contribution is 2.26. The molecule has 3 heterocycles. The van der Waals surface area contributed by atoms with Crippen molar-refractivity contribution >= 4 is 11.3 Å². The molecule has 0 fully saturated rings. The summed E-state index contributed by atoms with van der Waals surface area (Å²) < 4.78 is 0. The van der Waals surface area contributed by atoms with Crippen molar-refractivity contribution < 1.29 is 0 Å². The quantitative estimate of drug-likeness (QED) is 0.537. The predicted octanol–water partition coefficient (Wildman–Crippen LogP) is 4.86. The lowest BCUT2D eigenvalue weighted by atomic mass is 10.0. The monoisotopic (exact) mass is 329 g/mol. The Labute approximate surface area is 144 Å². The first-order valence-corrected chi connectivity index (χ1v) is 8.61. The molecule has 0 N–H and O–H groups in total. The van der Waals surface area contributed by atoms with Gasteiger partial charge in [-0.2, -0.15) is 0 Å². The summed E-state index contributed by atoms with van der Waals surface area (Å²) in [6.07, 6.45) is 6.23. The van der Waals surface area contributed by atoms with Crippen LogP contribution >= 0.6 is 11.3 Å². The maximum Gasteiger partial charge on any atom is 0.0992 e. The fourth-order valence-electron chi connectivity index (χ4n) is 2.56. The SMILES string of the molecule is c1ccc(Cc2nc(-c3ccc(-c4ccncc4)cc3)cs2)nc1. The number of benzene rings is 1.